The molecular formula is C15H17IN2O7. The molecule has 0 aliphatic carbocycles. The molecule has 1 N–H and O–H groups in total. The third kappa shape index (κ3) is 5.01. The summed E-state index contributed by atoms with van der Waals surface area (Å²) in [5.41, 5.74) is -0.971. The van der Waals surface area contributed by atoms with Crippen LogP contribution in [0, 0.1) is 0 Å². The highest BCUT2D eigenvalue weighted by Crippen LogP contribution is 2.30. The fraction of sp³-hybridized carbons (Fsp3) is 0.467. The number of H-pyrrole nitrogens is 1. The van der Waals surface area contributed by atoms with Gasteiger partial charge < -0.3 is 14.2 Å². The van der Waals surface area contributed by atoms with Crippen molar-refractivity contribution >= 4 is 40.6 Å². The predicted molar refractivity (Wildman–Crippen MR) is 95.1 cm³/mol. The Bertz CT molecular complexity index is 798. The second-order valence-corrected chi connectivity index (χ2v) is 6.10. The van der Waals surface area contributed by atoms with E-state index < -0.39 is 41.6 Å². The van der Waals surface area contributed by atoms with Crippen LogP contribution < -0.4 is 11.2 Å². The fourth-order valence-corrected chi connectivity index (χ4v) is 2.86. The molecule has 9 nitrogen and oxygen atoms in total. The molecule has 1 aliphatic rings. The number of aromatic nitrogens is 2. The number of nitrogens with zero attached hydrogens (tertiary/aromatic N) is 1. The lowest BCUT2D eigenvalue weighted by Gasteiger charge is -2.20. The number of hydrogen-bond donors (Lipinski definition) is 1. The molecule has 1 aromatic rings. The van der Waals surface area contributed by atoms with Crippen LogP contribution in [0.15, 0.2) is 19.9 Å². The lowest BCUT2D eigenvalue weighted by atomic mass is 10.2. The van der Waals surface area contributed by atoms with Crippen LogP contribution in [0.2, 0.25) is 0 Å². The van der Waals surface area contributed by atoms with E-state index in [9.17, 15) is 19.2 Å². The SMILES string of the molecule is CC(=O)OC[C@@H]1C[C@@H](OC(C)=O)[C@H](n2cc(/C=C/I)c(=O)[nH]c2=O)O1. The summed E-state index contributed by atoms with van der Waals surface area (Å²) < 4.78 is 18.6. The van der Waals surface area contributed by atoms with Crippen LogP contribution in [-0.4, -0.2) is 40.3 Å². The first-order valence-electron chi connectivity index (χ1n) is 7.40. The van der Waals surface area contributed by atoms with E-state index in [2.05, 4.69) is 4.98 Å². The maximum Gasteiger partial charge on any atom is 0.330 e. The fourth-order valence-electron chi connectivity index (χ4n) is 2.47. The average Bonchev–Trinajstić information content (AvgIpc) is 2.90. The quantitative estimate of drug-likeness (QED) is 0.505. The molecule has 25 heavy (non-hydrogen) atoms. The van der Waals surface area contributed by atoms with Gasteiger partial charge in [0.05, 0.1) is 11.7 Å². The summed E-state index contributed by atoms with van der Waals surface area (Å²) in [7, 11) is 0. The third-order valence-corrected chi connectivity index (χ3v) is 3.81. The molecule has 1 fully saturated rings. The Labute approximate surface area is 156 Å². The van der Waals surface area contributed by atoms with E-state index in [1.165, 1.54) is 26.1 Å². The molecule has 0 radical (unpaired) electrons. The number of rotatable bonds is 5. The highest BCUT2D eigenvalue weighted by atomic mass is 127. The molecule has 2 heterocycles. The van der Waals surface area contributed by atoms with Crippen LogP contribution in [-0.2, 0) is 23.8 Å². The summed E-state index contributed by atoms with van der Waals surface area (Å²) in [4.78, 5) is 48.4. The average molecular weight is 464 g/mol. The van der Waals surface area contributed by atoms with Gasteiger partial charge in [-0.1, -0.05) is 22.6 Å². The summed E-state index contributed by atoms with van der Waals surface area (Å²) in [6, 6.07) is 0. The second-order valence-electron chi connectivity index (χ2n) is 5.38. The number of halogens is 1. The molecule has 0 bridgehead atoms. The Morgan fingerprint density at radius 2 is 2.12 bits per heavy atom. The van der Waals surface area contributed by atoms with Crippen LogP contribution in [0.4, 0.5) is 0 Å². The van der Waals surface area contributed by atoms with Crippen LogP contribution in [0.1, 0.15) is 32.1 Å². The van der Waals surface area contributed by atoms with Crippen molar-refractivity contribution in [3.63, 3.8) is 0 Å². The molecule has 0 unspecified atom stereocenters. The van der Waals surface area contributed by atoms with Crippen molar-refractivity contribution in [2.24, 2.45) is 0 Å². The van der Waals surface area contributed by atoms with E-state index in [1.807, 2.05) is 22.6 Å². The predicted octanol–water partition coefficient (Wildman–Crippen LogP) is 0.725. The lowest BCUT2D eigenvalue weighted by Crippen LogP contribution is -2.37. The summed E-state index contributed by atoms with van der Waals surface area (Å²) in [6.45, 7) is 2.49. The lowest BCUT2D eigenvalue weighted by molar-refractivity contribution is -0.153. The molecule has 1 aliphatic heterocycles. The third-order valence-electron chi connectivity index (χ3n) is 3.45. The molecule has 0 amide bonds. The summed E-state index contributed by atoms with van der Waals surface area (Å²) >= 11 is 1.95. The molecular weight excluding hydrogens is 447 g/mol. The zero-order valence-electron chi connectivity index (χ0n) is 13.6. The van der Waals surface area contributed by atoms with E-state index in [0.717, 1.165) is 4.57 Å². The smallest absolute Gasteiger partial charge is 0.330 e. The van der Waals surface area contributed by atoms with Gasteiger partial charge in [0.1, 0.15) is 12.7 Å². The Balaban J connectivity index is 2.34. The van der Waals surface area contributed by atoms with Crippen molar-refractivity contribution in [3.8, 4) is 0 Å². The Hall–Kier alpha value is -1.95. The van der Waals surface area contributed by atoms with Gasteiger partial charge in [-0.25, -0.2) is 4.79 Å². The van der Waals surface area contributed by atoms with E-state index in [1.54, 1.807) is 4.08 Å². The van der Waals surface area contributed by atoms with E-state index in [-0.39, 0.29) is 18.6 Å². The molecule has 1 aromatic heterocycles. The topological polar surface area (TPSA) is 117 Å². The van der Waals surface area contributed by atoms with Gasteiger partial charge in [0.25, 0.3) is 5.56 Å². The van der Waals surface area contributed by atoms with Gasteiger partial charge in [-0.3, -0.25) is 23.9 Å². The van der Waals surface area contributed by atoms with Gasteiger partial charge in [-0.2, -0.15) is 0 Å². The van der Waals surface area contributed by atoms with Crippen LogP contribution in [0.5, 0.6) is 0 Å². The largest absolute Gasteiger partial charge is 0.463 e. The Kier molecular flexibility index (Phi) is 6.53. The molecule has 136 valence electrons. The molecule has 3 atom stereocenters. The van der Waals surface area contributed by atoms with Gasteiger partial charge in [0.15, 0.2) is 6.23 Å². The number of ether oxygens (including phenoxy) is 3. The van der Waals surface area contributed by atoms with E-state index in [4.69, 9.17) is 14.2 Å². The maximum atomic E-state index is 12.2. The molecule has 2 rings (SSSR count). The first-order valence-corrected chi connectivity index (χ1v) is 8.64. The van der Waals surface area contributed by atoms with Crippen molar-refractivity contribution in [2.45, 2.75) is 38.7 Å². The summed E-state index contributed by atoms with van der Waals surface area (Å²) in [5.74, 6) is -0.997. The number of carbonyl (C=O) groups excluding carboxylic acids is 2. The maximum absolute atomic E-state index is 12.2. The highest BCUT2D eigenvalue weighted by molar-refractivity contribution is 14.1. The van der Waals surface area contributed by atoms with Gasteiger partial charge in [0.2, 0.25) is 0 Å². The first kappa shape index (κ1) is 19.4. The van der Waals surface area contributed by atoms with Crippen LogP contribution >= 0.6 is 22.6 Å². The summed E-state index contributed by atoms with van der Waals surface area (Å²) in [5, 5.41) is 0. The highest BCUT2D eigenvalue weighted by Gasteiger charge is 2.40. The van der Waals surface area contributed by atoms with Crippen molar-refractivity contribution < 1.29 is 23.8 Å². The van der Waals surface area contributed by atoms with Gasteiger partial charge >= 0.3 is 17.6 Å². The van der Waals surface area contributed by atoms with Crippen LogP contribution in [0.25, 0.3) is 6.08 Å². The summed E-state index contributed by atoms with van der Waals surface area (Å²) in [6.07, 6.45) is 0.891. The van der Waals surface area contributed by atoms with Crippen molar-refractivity contribution in [3.05, 3.63) is 36.7 Å². The second kappa shape index (κ2) is 8.43. The number of aromatic amines is 1. The molecule has 0 spiro atoms. The first-order chi connectivity index (χ1) is 11.8. The van der Waals surface area contributed by atoms with Gasteiger partial charge in [-0.15, -0.1) is 0 Å². The standard InChI is InChI=1S/C15H17IN2O7/c1-8(19)23-7-11-5-12(24-9(2)20)14(25-11)18-6-10(3-4-16)13(21)17-15(18)22/h3-4,6,11-12,14H,5,7H2,1-2H3,(H,17,21,22)/b4-3+/t11-,12+,14+/m0/s1. The minimum atomic E-state index is -0.935. The monoisotopic (exact) mass is 464 g/mol. The van der Waals surface area contributed by atoms with Crippen molar-refractivity contribution in [2.75, 3.05) is 6.61 Å². The Morgan fingerprint density at radius 1 is 1.40 bits per heavy atom. The van der Waals surface area contributed by atoms with E-state index in [0.29, 0.717) is 0 Å². The number of esters is 2. The van der Waals surface area contributed by atoms with Gasteiger partial charge in [-0.05, 0) is 10.2 Å². The zero-order chi connectivity index (χ0) is 18.6. The minimum Gasteiger partial charge on any atom is -0.463 e. The number of carbonyl (C=O) groups is 2. The van der Waals surface area contributed by atoms with Crippen LogP contribution in [0.3, 0.4) is 0 Å². The zero-order valence-corrected chi connectivity index (χ0v) is 15.7. The molecule has 10 heteroatoms. The normalized spacial score (nSPS) is 22.9. The molecule has 1 saturated heterocycles. The number of nitrogens with one attached hydrogen (secondary N) is 1. The van der Waals surface area contributed by atoms with Crippen molar-refractivity contribution in [1.82, 2.24) is 9.55 Å². The van der Waals surface area contributed by atoms with Gasteiger partial charge in [0, 0.05) is 26.5 Å². The molecule has 0 aromatic carbocycles. The van der Waals surface area contributed by atoms with Crippen molar-refractivity contribution in [1.29, 1.82) is 0 Å². The molecule has 0 saturated carbocycles. The Morgan fingerprint density at radius 3 is 2.72 bits per heavy atom. The minimum absolute atomic E-state index is 0.0256. The number of hydrogen-bond acceptors (Lipinski definition) is 7. The van der Waals surface area contributed by atoms with E-state index >= 15 is 0 Å².